The molecule has 1 spiro atoms. The highest BCUT2D eigenvalue weighted by atomic mass is 15.3. The third-order valence-electron chi connectivity index (χ3n) is 6.44. The van der Waals surface area contributed by atoms with Gasteiger partial charge in [-0.1, -0.05) is 18.2 Å². The molecule has 0 saturated carbocycles. The number of hydrogen-bond acceptors (Lipinski definition) is 4. The van der Waals surface area contributed by atoms with E-state index in [0.29, 0.717) is 0 Å². The summed E-state index contributed by atoms with van der Waals surface area (Å²) in [6.45, 7) is 3.05. The summed E-state index contributed by atoms with van der Waals surface area (Å²) < 4.78 is 4.32. The Hall–Kier alpha value is -3.15. The highest BCUT2D eigenvalue weighted by molar-refractivity contribution is 5.82. The zero-order chi connectivity index (χ0) is 18.7. The van der Waals surface area contributed by atoms with Gasteiger partial charge in [-0.2, -0.15) is 5.10 Å². The van der Waals surface area contributed by atoms with E-state index in [1.54, 1.807) is 0 Å². The van der Waals surface area contributed by atoms with Crippen LogP contribution >= 0.6 is 0 Å². The fourth-order valence-corrected chi connectivity index (χ4v) is 4.93. The number of anilines is 1. The van der Waals surface area contributed by atoms with Crippen LogP contribution in [0.25, 0.3) is 22.2 Å². The predicted octanol–water partition coefficient (Wildman–Crippen LogP) is 3.38. The Morgan fingerprint density at radius 3 is 2.82 bits per heavy atom. The van der Waals surface area contributed by atoms with E-state index >= 15 is 0 Å². The first-order chi connectivity index (χ1) is 13.7. The quantitative estimate of drug-likeness (QED) is 0.543. The van der Waals surface area contributed by atoms with E-state index in [1.807, 2.05) is 30.7 Å². The van der Waals surface area contributed by atoms with Crippen LogP contribution in [0.4, 0.5) is 5.95 Å². The molecule has 1 aromatic carbocycles. The Labute approximate surface area is 163 Å². The predicted molar refractivity (Wildman–Crippen MR) is 109 cm³/mol. The van der Waals surface area contributed by atoms with Crippen molar-refractivity contribution in [2.45, 2.75) is 24.8 Å². The van der Waals surface area contributed by atoms with Crippen LogP contribution in [0.15, 0.2) is 55.0 Å². The van der Waals surface area contributed by atoms with Gasteiger partial charge in [-0.05, 0) is 31.0 Å². The molecule has 140 valence electrons. The monoisotopic (exact) mass is 370 g/mol. The molecule has 0 bridgehead atoms. The molecule has 2 aliphatic rings. The van der Waals surface area contributed by atoms with E-state index in [9.17, 15) is 0 Å². The maximum Gasteiger partial charge on any atom is 0.205 e. The van der Waals surface area contributed by atoms with Gasteiger partial charge in [-0.25, -0.2) is 4.98 Å². The van der Waals surface area contributed by atoms with Gasteiger partial charge in [0.1, 0.15) is 0 Å². The van der Waals surface area contributed by atoms with Crippen LogP contribution in [-0.4, -0.2) is 37.4 Å². The number of rotatable bonds is 2. The lowest BCUT2D eigenvalue weighted by Gasteiger charge is -2.23. The molecule has 1 atom stereocenters. The molecule has 0 amide bonds. The number of benzene rings is 1. The first-order valence-electron chi connectivity index (χ1n) is 9.88. The lowest BCUT2D eigenvalue weighted by molar-refractivity contribution is 0.471. The molecule has 1 saturated heterocycles. The molecule has 1 fully saturated rings. The Bertz CT molecular complexity index is 1190. The molecular weight excluding hydrogens is 348 g/mol. The molecule has 28 heavy (non-hydrogen) atoms. The summed E-state index contributed by atoms with van der Waals surface area (Å²) in [5.74, 6) is 1.06. The minimum atomic E-state index is 0.182. The Morgan fingerprint density at radius 2 is 1.93 bits per heavy atom. The number of nitrogens with zero attached hydrogens (tertiary/aromatic N) is 6. The van der Waals surface area contributed by atoms with Crippen LogP contribution in [0.2, 0.25) is 0 Å². The van der Waals surface area contributed by atoms with Gasteiger partial charge in [-0.3, -0.25) is 9.67 Å². The first kappa shape index (κ1) is 15.9. The Kier molecular flexibility index (Phi) is 3.21. The van der Waals surface area contributed by atoms with E-state index in [-0.39, 0.29) is 5.41 Å². The molecule has 6 heteroatoms. The number of para-hydroxylation sites is 1. The van der Waals surface area contributed by atoms with Crippen LogP contribution in [0, 0.1) is 0 Å². The fourth-order valence-electron chi connectivity index (χ4n) is 4.93. The van der Waals surface area contributed by atoms with Crippen molar-refractivity contribution in [3.8, 4) is 11.3 Å². The second kappa shape index (κ2) is 5.67. The molecule has 0 radical (unpaired) electrons. The summed E-state index contributed by atoms with van der Waals surface area (Å²) in [4.78, 5) is 11.6. The standard InChI is InChI=1S/C22H22N6/c1-26-11-8-23-21(26)27-9-6-22(15-27)7-10-28-20(22)13-19(25-28)17-12-16-4-2-3-5-18(16)24-14-17/h2-5,8,11-14H,6-7,9-10,15H2,1H3. The van der Waals surface area contributed by atoms with Crippen molar-refractivity contribution in [3.05, 3.63) is 60.7 Å². The van der Waals surface area contributed by atoms with Gasteiger partial charge < -0.3 is 9.47 Å². The van der Waals surface area contributed by atoms with Gasteiger partial charge in [-0.15, -0.1) is 0 Å². The number of fused-ring (bicyclic) bond motifs is 3. The van der Waals surface area contributed by atoms with E-state index in [0.717, 1.165) is 60.6 Å². The van der Waals surface area contributed by atoms with Crippen LogP contribution in [-0.2, 0) is 19.0 Å². The van der Waals surface area contributed by atoms with Crippen molar-refractivity contribution in [2.24, 2.45) is 7.05 Å². The summed E-state index contributed by atoms with van der Waals surface area (Å²) in [6, 6.07) is 12.7. The number of pyridine rings is 1. The lowest BCUT2D eigenvalue weighted by Crippen LogP contribution is -2.30. The van der Waals surface area contributed by atoms with Crippen molar-refractivity contribution in [1.29, 1.82) is 0 Å². The van der Waals surface area contributed by atoms with Crippen LogP contribution < -0.4 is 4.90 Å². The van der Waals surface area contributed by atoms with Crippen molar-refractivity contribution in [3.63, 3.8) is 0 Å². The van der Waals surface area contributed by atoms with Crippen LogP contribution in [0.3, 0.4) is 0 Å². The zero-order valence-corrected chi connectivity index (χ0v) is 15.9. The summed E-state index contributed by atoms with van der Waals surface area (Å²) in [5.41, 5.74) is 4.70. The van der Waals surface area contributed by atoms with E-state index in [2.05, 4.69) is 55.4 Å². The van der Waals surface area contributed by atoms with Crippen LogP contribution in [0.1, 0.15) is 18.5 Å². The summed E-state index contributed by atoms with van der Waals surface area (Å²) in [5, 5.41) is 6.09. The van der Waals surface area contributed by atoms with Gasteiger partial charge in [0.15, 0.2) is 0 Å². The van der Waals surface area contributed by atoms with E-state index in [4.69, 9.17) is 5.10 Å². The maximum absolute atomic E-state index is 4.93. The summed E-state index contributed by atoms with van der Waals surface area (Å²) in [7, 11) is 2.07. The molecule has 6 nitrogen and oxygen atoms in total. The molecular formula is C22H22N6. The Balaban J connectivity index is 1.36. The zero-order valence-electron chi connectivity index (χ0n) is 15.9. The van der Waals surface area contributed by atoms with Crippen molar-refractivity contribution in [1.82, 2.24) is 24.3 Å². The highest BCUT2D eigenvalue weighted by Crippen LogP contribution is 2.44. The van der Waals surface area contributed by atoms with E-state index < -0.39 is 0 Å². The molecule has 4 aromatic rings. The van der Waals surface area contributed by atoms with Crippen molar-refractivity contribution >= 4 is 16.9 Å². The third kappa shape index (κ3) is 2.24. The summed E-state index contributed by atoms with van der Waals surface area (Å²) >= 11 is 0. The first-order valence-corrected chi connectivity index (χ1v) is 9.88. The molecule has 5 heterocycles. The molecule has 0 aliphatic carbocycles. The van der Waals surface area contributed by atoms with Gasteiger partial charge in [0.05, 0.1) is 11.2 Å². The molecule has 1 unspecified atom stereocenters. The number of hydrogen-bond donors (Lipinski definition) is 0. The lowest BCUT2D eigenvalue weighted by atomic mass is 9.82. The largest absolute Gasteiger partial charge is 0.341 e. The van der Waals surface area contributed by atoms with Gasteiger partial charge >= 0.3 is 0 Å². The minimum absolute atomic E-state index is 0.182. The molecule has 6 rings (SSSR count). The molecule has 0 N–H and O–H groups in total. The smallest absolute Gasteiger partial charge is 0.205 e. The minimum Gasteiger partial charge on any atom is -0.341 e. The second-order valence-electron chi connectivity index (χ2n) is 8.09. The van der Waals surface area contributed by atoms with Crippen molar-refractivity contribution < 1.29 is 0 Å². The fraction of sp³-hybridized carbons (Fsp3) is 0.318. The average molecular weight is 370 g/mol. The third-order valence-corrected chi connectivity index (χ3v) is 6.44. The van der Waals surface area contributed by atoms with E-state index in [1.165, 1.54) is 5.69 Å². The molecule has 2 aliphatic heterocycles. The molecule has 3 aromatic heterocycles. The van der Waals surface area contributed by atoms with Gasteiger partial charge in [0, 0.05) is 67.3 Å². The van der Waals surface area contributed by atoms with Gasteiger partial charge in [0.2, 0.25) is 5.95 Å². The Morgan fingerprint density at radius 1 is 1.04 bits per heavy atom. The summed E-state index contributed by atoms with van der Waals surface area (Å²) in [6.07, 6.45) is 8.16. The highest BCUT2D eigenvalue weighted by Gasteiger charge is 2.46. The second-order valence-corrected chi connectivity index (χ2v) is 8.09. The number of aryl methyl sites for hydroxylation is 2. The number of aromatic nitrogens is 5. The normalized spacial score (nSPS) is 21.1. The maximum atomic E-state index is 4.93. The topological polar surface area (TPSA) is 51.8 Å². The van der Waals surface area contributed by atoms with Gasteiger partial charge in [0.25, 0.3) is 0 Å². The number of imidazole rings is 1. The SMILES string of the molecule is Cn1ccnc1N1CCC2(CCn3nc(-c4cnc5ccccc5c4)cc32)C1. The average Bonchev–Trinajstić information content (AvgIpc) is 3.48. The van der Waals surface area contributed by atoms with Crippen molar-refractivity contribution in [2.75, 3.05) is 18.0 Å². The van der Waals surface area contributed by atoms with Crippen LogP contribution in [0.5, 0.6) is 0 Å².